The predicted molar refractivity (Wildman–Crippen MR) is 85.8 cm³/mol. The van der Waals surface area contributed by atoms with Gasteiger partial charge in [-0.25, -0.2) is 9.59 Å². The Labute approximate surface area is 138 Å². The molecule has 1 rings (SSSR count). The third-order valence-corrected chi connectivity index (χ3v) is 2.97. The van der Waals surface area contributed by atoms with Gasteiger partial charge in [-0.1, -0.05) is 5.92 Å². The molecular weight excluding hydrogens is 298 g/mol. The van der Waals surface area contributed by atoms with E-state index in [4.69, 9.17) is 20.6 Å². The Kier molecular flexibility index (Phi) is 6.06. The van der Waals surface area contributed by atoms with E-state index in [1.54, 1.807) is 41.5 Å². The van der Waals surface area contributed by atoms with Crippen molar-refractivity contribution in [3.8, 4) is 12.3 Å². The molecule has 0 saturated carbocycles. The minimum atomic E-state index is -0.730. The molecule has 2 atom stereocenters. The van der Waals surface area contributed by atoms with Crippen molar-refractivity contribution in [1.29, 1.82) is 0 Å². The van der Waals surface area contributed by atoms with Gasteiger partial charge in [0.05, 0.1) is 12.6 Å². The van der Waals surface area contributed by atoms with Crippen LogP contribution in [0.15, 0.2) is 0 Å². The summed E-state index contributed by atoms with van der Waals surface area (Å²) < 4.78 is 16.2. The summed E-state index contributed by atoms with van der Waals surface area (Å²) in [5.74, 6) is 1.92. The molecule has 0 N–H and O–H groups in total. The van der Waals surface area contributed by atoms with Gasteiger partial charge in [0.15, 0.2) is 0 Å². The van der Waals surface area contributed by atoms with E-state index >= 15 is 0 Å². The minimum Gasteiger partial charge on any atom is -0.458 e. The van der Waals surface area contributed by atoms with Crippen LogP contribution in [0, 0.1) is 12.3 Å². The first-order valence-electron chi connectivity index (χ1n) is 7.70. The fraction of sp³-hybridized carbons (Fsp3) is 0.765. The fourth-order valence-electron chi connectivity index (χ4n) is 2.20. The molecule has 0 aromatic rings. The molecule has 1 unspecified atom stereocenters. The molecule has 23 heavy (non-hydrogen) atoms. The summed E-state index contributed by atoms with van der Waals surface area (Å²) in [6.45, 7) is 11.0. The first-order valence-corrected chi connectivity index (χ1v) is 7.70. The zero-order valence-electron chi connectivity index (χ0n) is 14.8. The maximum atomic E-state index is 12.4. The number of nitrogens with zero attached hydrogens (tertiary/aromatic N) is 1. The summed E-state index contributed by atoms with van der Waals surface area (Å²) in [7, 11) is 0. The van der Waals surface area contributed by atoms with Crippen LogP contribution in [0.2, 0.25) is 0 Å². The van der Waals surface area contributed by atoms with E-state index in [2.05, 4.69) is 5.92 Å². The molecule has 6 heteroatoms. The number of carbonyl (C=O) groups excluding carboxylic acids is 2. The SMILES string of the molecule is C#CCOC1C[C@@H](C(=O)OC(C)(C)C)N(C(=O)OC(C)(C)C)C1. The fourth-order valence-corrected chi connectivity index (χ4v) is 2.20. The van der Waals surface area contributed by atoms with E-state index in [-0.39, 0.29) is 19.3 Å². The van der Waals surface area contributed by atoms with Crippen molar-refractivity contribution in [2.24, 2.45) is 0 Å². The standard InChI is InChI=1S/C17H27NO5/c1-8-9-21-12-10-13(14(19)22-16(2,3)4)18(11-12)15(20)23-17(5,6)7/h1,12-13H,9-11H2,2-7H3/t12?,13-/m0/s1. The highest BCUT2D eigenvalue weighted by atomic mass is 16.6. The molecule has 1 heterocycles. The van der Waals surface area contributed by atoms with E-state index in [9.17, 15) is 9.59 Å². The molecule has 1 saturated heterocycles. The van der Waals surface area contributed by atoms with Crippen LogP contribution in [0.5, 0.6) is 0 Å². The van der Waals surface area contributed by atoms with Crippen molar-refractivity contribution in [3.63, 3.8) is 0 Å². The molecule has 0 aromatic carbocycles. The molecule has 0 aromatic heterocycles. The van der Waals surface area contributed by atoms with Gasteiger partial charge < -0.3 is 14.2 Å². The van der Waals surface area contributed by atoms with Gasteiger partial charge in [-0.05, 0) is 41.5 Å². The number of hydrogen-bond donors (Lipinski definition) is 0. The topological polar surface area (TPSA) is 65.1 Å². The van der Waals surface area contributed by atoms with Crippen LogP contribution in [-0.2, 0) is 19.0 Å². The van der Waals surface area contributed by atoms with E-state index in [1.165, 1.54) is 4.90 Å². The summed E-state index contributed by atoms with van der Waals surface area (Å²) in [5.41, 5.74) is -1.28. The van der Waals surface area contributed by atoms with Crippen molar-refractivity contribution in [1.82, 2.24) is 4.90 Å². The second kappa shape index (κ2) is 7.22. The lowest BCUT2D eigenvalue weighted by atomic mass is 10.1. The molecule has 0 spiro atoms. The van der Waals surface area contributed by atoms with Gasteiger partial charge in [-0.15, -0.1) is 6.42 Å². The summed E-state index contributed by atoms with van der Waals surface area (Å²) in [4.78, 5) is 26.1. The van der Waals surface area contributed by atoms with E-state index in [0.717, 1.165) is 0 Å². The Morgan fingerprint density at radius 1 is 1.13 bits per heavy atom. The first kappa shape index (κ1) is 19.3. The molecule has 0 bridgehead atoms. The van der Waals surface area contributed by atoms with Crippen molar-refractivity contribution in [2.45, 2.75) is 71.3 Å². The second-order valence-electron chi connectivity index (χ2n) is 7.55. The van der Waals surface area contributed by atoms with Crippen LogP contribution in [0.3, 0.4) is 0 Å². The first-order chi connectivity index (χ1) is 10.4. The number of hydrogen-bond acceptors (Lipinski definition) is 5. The molecule has 0 aliphatic carbocycles. The van der Waals surface area contributed by atoms with Crippen molar-refractivity contribution >= 4 is 12.1 Å². The third-order valence-electron chi connectivity index (χ3n) is 2.97. The molecular formula is C17H27NO5. The predicted octanol–water partition coefficient (Wildman–Crippen LogP) is 2.36. The average molecular weight is 325 g/mol. The van der Waals surface area contributed by atoms with E-state index < -0.39 is 29.3 Å². The van der Waals surface area contributed by atoms with Gasteiger partial charge in [0.25, 0.3) is 0 Å². The minimum absolute atomic E-state index is 0.133. The molecule has 1 aliphatic rings. The van der Waals surface area contributed by atoms with Gasteiger partial charge in [0.1, 0.15) is 23.9 Å². The van der Waals surface area contributed by atoms with Gasteiger partial charge in [0.2, 0.25) is 0 Å². The zero-order valence-corrected chi connectivity index (χ0v) is 14.8. The van der Waals surface area contributed by atoms with Gasteiger partial charge in [-0.3, -0.25) is 4.90 Å². The smallest absolute Gasteiger partial charge is 0.411 e. The molecule has 1 amide bonds. The number of ether oxygens (including phenoxy) is 3. The quantitative estimate of drug-likeness (QED) is 0.589. The lowest BCUT2D eigenvalue weighted by Crippen LogP contribution is -2.45. The van der Waals surface area contributed by atoms with E-state index in [0.29, 0.717) is 6.42 Å². The Balaban J connectivity index is 2.86. The Hall–Kier alpha value is -1.74. The third kappa shape index (κ3) is 6.49. The normalized spacial score (nSPS) is 21.7. The number of terminal acetylenes is 1. The van der Waals surface area contributed by atoms with Crippen LogP contribution in [-0.4, -0.2) is 53.5 Å². The average Bonchev–Trinajstić information content (AvgIpc) is 2.76. The van der Waals surface area contributed by atoms with Crippen LogP contribution >= 0.6 is 0 Å². The number of rotatable bonds is 3. The van der Waals surface area contributed by atoms with Gasteiger partial charge in [-0.2, -0.15) is 0 Å². The number of esters is 1. The number of carbonyl (C=O) groups is 2. The van der Waals surface area contributed by atoms with Crippen LogP contribution in [0.1, 0.15) is 48.0 Å². The number of likely N-dealkylation sites (tertiary alicyclic amines) is 1. The zero-order chi connectivity index (χ0) is 17.8. The summed E-state index contributed by atoms with van der Waals surface area (Å²) in [5, 5.41) is 0. The maximum absolute atomic E-state index is 12.4. The lowest BCUT2D eigenvalue weighted by Gasteiger charge is -2.29. The molecule has 1 aliphatic heterocycles. The Bertz CT molecular complexity index is 445. The molecule has 0 radical (unpaired) electrons. The lowest BCUT2D eigenvalue weighted by molar-refractivity contribution is -0.160. The Morgan fingerprint density at radius 3 is 2.17 bits per heavy atom. The van der Waals surface area contributed by atoms with Crippen molar-refractivity contribution < 1.29 is 23.8 Å². The summed E-state index contributed by atoms with van der Waals surface area (Å²) in [6.07, 6.45) is 4.67. The van der Waals surface area contributed by atoms with Gasteiger partial charge >= 0.3 is 12.1 Å². The van der Waals surface area contributed by atoms with Crippen LogP contribution in [0.25, 0.3) is 0 Å². The van der Waals surface area contributed by atoms with E-state index in [1.807, 2.05) is 0 Å². The number of amides is 1. The van der Waals surface area contributed by atoms with Crippen LogP contribution < -0.4 is 0 Å². The van der Waals surface area contributed by atoms with Crippen LogP contribution in [0.4, 0.5) is 4.79 Å². The highest BCUT2D eigenvalue weighted by Crippen LogP contribution is 2.25. The Morgan fingerprint density at radius 2 is 1.70 bits per heavy atom. The monoisotopic (exact) mass is 325 g/mol. The molecule has 6 nitrogen and oxygen atoms in total. The highest BCUT2D eigenvalue weighted by molar-refractivity contribution is 5.82. The summed E-state index contributed by atoms with van der Waals surface area (Å²) >= 11 is 0. The second-order valence-corrected chi connectivity index (χ2v) is 7.55. The van der Waals surface area contributed by atoms with Crippen molar-refractivity contribution in [3.05, 3.63) is 0 Å². The molecule has 130 valence electrons. The van der Waals surface area contributed by atoms with Crippen molar-refractivity contribution in [2.75, 3.05) is 13.2 Å². The van der Waals surface area contributed by atoms with Gasteiger partial charge in [0, 0.05) is 6.42 Å². The summed E-state index contributed by atoms with van der Waals surface area (Å²) in [6, 6.07) is -0.730. The largest absolute Gasteiger partial charge is 0.458 e. The molecule has 1 fully saturated rings. The highest BCUT2D eigenvalue weighted by Gasteiger charge is 2.43. The maximum Gasteiger partial charge on any atom is 0.411 e.